The van der Waals surface area contributed by atoms with E-state index in [1.165, 1.54) is 6.07 Å². The number of aromatic nitrogens is 1. The minimum atomic E-state index is -4.41. The van der Waals surface area contributed by atoms with Gasteiger partial charge in [0, 0.05) is 29.6 Å². The molecule has 0 unspecified atom stereocenters. The lowest BCUT2D eigenvalue weighted by Crippen LogP contribution is -2.37. The van der Waals surface area contributed by atoms with Gasteiger partial charge in [0.05, 0.1) is 5.56 Å². The van der Waals surface area contributed by atoms with Crippen molar-refractivity contribution in [1.82, 2.24) is 10.3 Å². The first-order valence-electron chi connectivity index (χ1n) is 9.21. The van der Waals surface area contributed by atoms with Crippen molar-refractivity contribution in [2.24, 2.45) is 0 Å². The topological polar surface area (TPSA) is 62.0 Å². The summed E-state index contributed by atoms with van der Waals surface area (Å²) in [6.07, 6.45) is -2.45. The number of Topliss-reactive ketones (excluding diaryl/α,β-unsaturated/α-hetero) is 1. The fourth-order valence-electron chi connectivity index (χ4n) is 3.61. The summed E-state index contributed by atoms with van der Waals surface area (Å²) in [6.45, 7) is 5.45. The van der Waals surface area contributed by atoms with Gasteiger partial charge in [-0.2, -0.15) is 13.2 Å². The van der Waals surface area contributed by atoms with Crippen molar-refractivity contribution in [3.05, 3.63) is 57.9 Å². The van der Waals surface area contributed by atoms with Gasteiger partial charge in [0.25, 0.3) is 5.91 Å². The zero-order valence-electron chi connectivity index (χ0n) is 16.1. The van der Waals surface area contributed by atoms with E-state index in [1.54, 1.807) is 26.8 Å². The molecule has 28 heavy (non-hydrogen) atoms. The number of hydrogen-bond acceptors (Lipinski definition) is 2. The number of amides is 1. The van der Waals surface area contributed by atoms with Crippen LogP contribution in [0.3, 0.4) is 0 Å². The second kappa shape index (κ2) is 7.11. The number of rotatable bonds is 4. The summed E-state index contributed by atoms with van der Waals surface area (Å²) >= 11 is 0. The van der Waals surface area contributed by atoms with Crippen LogP contribution < -0.4 is 5.32 Å². The van der Waals surface area contributed by atoms with Gasteiger partial charge >= 0.3 is 6.18 Å². The molecular weight excluding hydrogens is 369 g/mol. The molecule has 4 nitrogen and oxygen atoms in total. The van der Waals surface area contributed by atoms with Gasteiger partial charge in [-0.15, -0.1) is 0 Å². The van der Waals surface area contributed by atoms with E-state index >= 15 is 0 Å². The third-order valence-corrected chi connectivity index (χ3v) is 5.33. The predicted octanol–water partition coefficient (Wildman–Crippen LogP) is 4.57. The number of hydrogen-bond donors (Lipinski definition) is 2. The third-order valence-electron chi connectivity index (χ3n) is 5.33. The average Bonchev–Trinajstić information content (AvgIpc) is 2.97. The molecule has 1 aromatic carbocycles. The maximum atomic E-state index is 13.0. The maximum absolute atomic E-state index is 13.0. The number of nitrogens with one attached hydrogen (secondary N) is 2. The Labute approximate surface area is 161 Å². The van der Waals surface area contributed by atoms with Crippen LogP contribution in [-0.2, 0) is 18.0 Å². The van der Waals surface area contributed by atoms with Crippen LogP contribution in [-0.4, -0.2) is 23.2 Å². The fraction of sp³-hybridized carbons (Fsp3) is 0.429. The maximum Gasteiger partial charge on any atom is 0.416 e. The lowest BCUT2D eigenvalue weighted by Gasteiger charge is -2.26. The molecule has 3 rings (SSSR count). The first kappa shape index (κ1) is 20.2. The molecule has 7 heteroatoms. The zero-order chi connectivity index (χ0) is 20.7. The molecule has 0 aliphatic heterocycles. The van der Waals surface area contributed by atoms with E-state index in [4.69, 9.17) is 0 Å². The smallest absolute Gasteiger partial charge is 0.354 e. The summed E-state index contributed by atoms with van der Waals surface area (Å²) < 4.78 is 38.9. The number of benzene rings is 1. The highest BCUT2D eigenvalue weighted by molar-refractivity contribution is 6.04. The molecule has 0 bridgehead atoms. The summed E-state index contributed by atoms with van der Waals surface area (Å²) in [7, 11) is 0. The first-order valence-corrected chi connectivity index (χ1v) is 9.21. The first-order chi connectivity index (χ1) is 13.0. The average molecular weight is 392 g/mol. The zero-order valence-corrected chi connectivity index (χ0v) is 16.1. The molecule has 1 amide bonds. The Morgan fingerprint density at radius 3 is 2.50 bits per heavy atom. The number of H-pyrrole nitrogens is 1. The van der Waals surface area contributed by atoms with Gasteiger partial charge in [0.15, 0.2) is 5.78 Å². The van der Waals surface area contributed by atoms with Crippen LogP contribution in [0.1, 0.15) is 69.9 Å². The van der Waals surface area contributed by atoms with Crippen LogP contribution >= 0.6 is 0 Å². The number of fused-ring (bicyclic) bond motifs is 1. The van der Waals surface area contributed by atoms with Gasteiger partial charge < -0.3 is 10.3 Å². The largest absolute Gasteiger partial charge is 0.416 e. The molecular formula is C21H23F3N2O2. The lowest BCUT2D eigenvalue weighted by atomic mass is 9.83. The van der Waals surface area contributed by atoms with E-state index in [2.05, 4.69) is 10.3 Å². The molecule has 1 aliphatic carbocycles. The van der Waals surface area contributed by atoms with Gasteiger partial charge in [-0.3, -0.25) is 9.59 Å². The molecule has 0 radical (unpaired) electrons. The van der Waals surface area contributed by atoms with Crippen molar-refractivity contribution in [1.29, 1.82) is 0 Å². The van der Waals surface area contributed by atoms with Gasteiger partial charge in [-0.25, -0.2) is 0 Å². The lowest BCUT2D eigenvalue weighted by molar-refractivity contribution is -0.137. The van der Waals surface area contributed by atoms with E-state index in [0.29, 0.717) is 28.8 Å². The van der Waals surface area contributed by atoms with Crippen LogP contribution in [0, 0.1) is 6.92 Å². The molecule has 1 aliphatic rings. The Bertz CT molecular complexity index is 926. The fourth-order valence-corrected chi connectivity index (χ4v) is 3.61. The third kappa shape index (κ3) is 3.84. The summed E-state index contributed by atoms with van der Waals surface area (Å²) in [4.78, 5) is 27.8. The van der Waals surface area contributed by atoms with Gasteiger partial charge in [0.1, 0.15) is 5.69 Å². The summed E-state index contributed by atoms with van der Waals surface area (Å²) in [5, 5.41) is 2.80. The molecule has 1 heterocycles. The highest BCUT2D eigenvalue weighted by atomic mass is 19.4. The number of carbonyl (C=O) groups is 2. The van der Waals surface area contributed by atoms with Crippen LogP contribution in [0.25, 0.3) is 0 Å². The molecule has 0 saturated carbocycles. The molecule has 0 saturated heterocycles. The van der Waals surface area contributed by atoms with Crippen molar-refractivity contribution in [3.63, 3.8) is 0 Å². The predicted molar refractivity (Wildman–Crippen MR) is 99.6 cm³/mol. The Morgan fingerprint density at radius 2 is 1.86 bits per heavy atom. The van der Waals surface area contributed by atoms with E-state index in [0.717, 1.165) is 30.7 Å². The number of aromatic amines is 1. The van der Waals surface area contributed by atoms with E-state index in [1.807, 2.05) is 0 Å². The van der Waals surface area contributed by atoms with Crippen molar-refractivity contribution in [2.45, 2.75) is 51.6 Å². The second-order valence-corrected chi connectivity index (χ2v) is 7.90. The van der Waals surface area contributed by atoms with Crippen LogP contribution in [0.2, 0.25) is 0 Å². The Morgan fingerprint density at radius 1 is 1.18 bits per heavy atom. The van der Waals surface area contributed by atoms with Crippen molar-refractivity contribution < 1.29 is 22.8 Å². The van der Waals surface area contributed by atoms with Gasteiger partial charge in [-0.05, 0) is 37.0 Å². The highest BCUT2D eigenvalue weighted by Gasteiger charge is 2.32. The normalized spacial score (nSPS) is 14.7. The van der Waals surface area contributed by atoms with Crippen molar-refractivity contribution >= 4 is 11.7 Å². The summed E-state index contributed by atoms with van der Waals surface area (Å²) in [6, 6.07) is 5.14. The SMILES string of the molecule is Cc1c(C(=O)NCC(C)(C)c2cccc(C(F)(F)F)c2)[nH]c2c1C(=O)CCC2. The van der Waals surface area contributed by atoms with Crippen LogP contribution in [0.4, 0.5) is 13.2 Å². The number of ketones is 1. The monoisotopic (exact) mass is 392 g/mol. The Balaban J connectivity index is 1.77. The number of carbonyl (C=O) groups excluding carboxylic acids is 2. The molecule has 0 atom stereocenters. The molecule has 150 valence electrons. The number of halogens is 3. The minimum Gasteiger partial charge on any atom is -0.354 e. The quantitative estimate of drug-likeness (QED) is 0.801. The van der Waals surface area contributed by atoms with Crippen molar-refractivity contribution in [3.8, 4) is 0 Å². The molecule has 0 spiro atoms. The van der Waals surface area contributed by atoms with E-state index in [-0.39, 0.29) is 18.2 Å². The van der Waals surface area contributed by atoms with Gasteiger partial charge in [-0.1, -0.05) is 32.0 Å². The summed E-state index contributed by atoms with van der Waals surface area (Å²) in [5.74, 6) is -0.321. The highest BCUT2D eigenvalue weighted by Crippen LogP contribution is 2.33. The summed E-state index contributed by atoms with van der Waals surface area (Å²) in [5.41, 5.74) is 1.45. The standard InChI is InChI=1S/C21H23F3N2O2/c1-12-17-15(8-5-9-16(17)27)26-18(12)19(28)25-11-20(2,3)13-6-4-7-14(10-13)21(22,23)24/h4,6-7,10,26H,5,8-9,11H2,1-3H3,(H,25,28). The second-order valence-electron chi connectivity index (χ2n) is 7.90. The van der Waals surface area contributed by atoms with Crippen LogP contribution in [0.15, 0.2) is 24.3 Å². The molecule has 1 aromatic heterocycles. The van der Waals surface area contributed by atoms with Gasteiger partial charge in [0.2, 0.25) is 0 Å². The van der Waals surface area contributed by atoms with Crippen molar-refractivity contribution in [2.75, 3.05) is 6.54 Å². The minimum absolute atomic E-state index is 0.0401. The van der Waals surface area contributed by atoms with E-state index < -0.39 is 17.2 Å². The number of aryl methyl sites for hydroxylation is 1. The molecule has 2 N–H and O–H groups in total. The Hall–Kier alpha value is -2.57. The number of alkyl halides is 3. The molecule has 0 fully saturated rings. The molecule has 2 aromatic rings. The van der Waals surface area contributed by atoms with E-state index in [9.17, 15) is 22.8 Å². The Kier molecular flexibility index (Phi) is 5.12. The van der Waals surface area contributed by atoms with Crippen LogP contribution in [0.5, 0.6) is 0 Å².